The van der Waals surface area contributed by atoms with Gasteiger partial charge in [0.2, 0.25) is 0 Å². The van der Waals surface area contributed by atoms with Crippen LogP contribution in [0.25, 0.3) is 0 Å². The number of nitrogens with two attached hydrogens (primary N) is 1. The molecule has 1 unspecified atom stereocenters. The third-order valence-electron chi connectivity index (χ3n) is 2.49. The average molecular weight is 264 g/mol. The molecule has 1 atom stereocenters. The Balaban J connectivity index is 3.20. The van der Waals surface area contributed by atoms with Gasteiger partial charge in [0.1, 0.15) is 5.75 Å². The molecule has 0 heterocycles. The first-order valence-corrected chi connectivity index (χ1v) is 5.61. The summed E-state index contributed by atoms with van der Waals surface area (Å²) in [4.78, 5) is 0. The number of aliphatic hydroxyl groups excluding tert-OH is 1. The molecule has 0 amide bonds. The number of ether oxygens (including phenoxy) is 1. The number of benzene rings is 1. The SMILES string of the molecule is COc1cc(Cl)c(C(C)(N)CCO)cc1Cl. The lowest BCUT2D eigenvalue weighted by atomic mass is 9.90. The summed E-state index contributed by atoms with van der Waals surface area (Å²) in [5.74, 6) is 0.509. The van der Waals surface area contributed by atoms with Gasteiger partial charge in [0.15, 0.2) is 0 Å². The number of rotatable bonds is 4. The van der Waals surface area contributed by atoms with Crippen LogP contribution in [0.5, 0.6) is 5.75 Å². The highest BCUT2D eigenvalue weighted by molar-refractivity contribution is 6.34. The van der Waals surface area contributed by atoms with Gasteiger partial charge in [-0.1, -0.05) is 23.2 Å². The van der Waals surface area contributed by atoms with Crippen LogP contribution in [0.4, 0.5) is 0 Å². The predicted molar refractivity (Wildman–Crippen MR) is 66.3 cm³/mol. The molecule has 0 saturated carbocycles. The molecule has 0 fully saturated rings. The van der Waals surface area contributed by atoms with Crippen molar-refractivity contribution in [3.63, 3.8) is 0 Å². The number of hydrogen-bond donors (Lipinski definition) is 2. The van der Waals surface area contributed by atoms with Gasteiger partial charge in [-0.2, -0.15) is 0 Å². The van der Waals surface area contributed by atoms with Gasteiger partial charge < -0.3 is 15.6 Å². The van der Waals surface area contributed by atoms with E-state index in [0.717, 1.165) is 0 Å². The highest BCUT2D eigenvalue weighted by atomic mass is 35.5. The third-order valence-corrected chi connectivity index (χ3v) is 3.10. The zero-order valence-electron chi connectivity index (χ0n) is 9.26. The zero-order valence-corrected chi connectivity index (χ0v) is 10.8. The molecule has 1 aromatic rings. The van der Waals surface area contributed by atoms with E-state index < -0.39 is 5.54 Å². The Morgan fingerprint density at radius 1 is 1.38 bits per heavy atom. The summed E-state index contributed by atoms with van der Waals surface area (Å²) in [6.45, 7) is 1.79. The Bertz CT molecular complexity index is 380. The predicted octanol–water partition coefficient (Wildman–Crippen LogP) is 2.56. The van der Waals surface area contributed by atoms with E-state index in [1.807, 2.05) is 0 Å². The van der Waals surface area contributed by atoms with Crippen LogP contribution < -0.4 is 10.5 Å². The highest BCUT2D eigenvalue weighted by Gasteiger charge is 2.24. The molecule has 16 heavy (non-hydrogen) atoms. The van der Waals surface area contributed by atoms with Crippen LogP contribution in [0.2, 0.25) is 10.0 Å². The smallest absolute Gasteiger partial charge is 0.138 e. The van der Waals surface area contributed by atoms with Crippen LogP contribution in [0.1, 0.15) is 18.9 Å². The van der Waals surface area contributed by atoms with Crippen molar-refractivity contribution in [3.8, 4) is 5.75 Å². The molecule has 0 aromatic heterocycles. The summed E-state index contributed by atoms with van der Waals surface area (Å²) < 4.78 is 5.05. The highest BCUT2D eigenvalue weighted by Crippen LogP contribution is 2.36. The van der Waals surface area contributed by atoms with Crippen LogP contribution in [0.3, 0.4) is 0 Å². The number of aliphatic hydroxyl groups is 1. The van der Waals surface area contributed by atoms with Crippen molar-refractivity contribution >= 4 is 23.2 Å². The number of hydrogen-bond acceptors (Lipinski definition) is 3. The van der Waals surface area contributed by atoms with Crippen molar-refractivity contribution in [1.82, 2.24) is 0 Å². The van der Waals surface area contributed by atoms with Crippen LogP contribution in [0, 0.1) is 0 Å². The lowest BCUT2D eigenvalue weighted by Crippen LogP contribution is -2.34. The molecule has 1 rings (SSSR count). The maximum atomic E-state index is 8.94. The third kappa shape index (κ3) is 2.80. The lowest BCUT2D eigenvalue weighted by Gasteiger charge is -2.26. The van der Waals surface area contributed by atoms with Crippen molar-refractivity contribution in [2.24, 2.45) is 5.73 Å². The summed E-state index contributed by atoms with van der Waals surface area (Å²) in [7, 11) is 1.52. The van der Waals surface area contributed by atoms with Crippen molar-refractivity contribution in [2.45, 2.75) is 18.9 Å². The van der Waals surface area contributed by atoms with Gasteiger partial charge in [-0.25, -0.2) is 0 Å². The van der Waals surface area contributed by atoms with E-state index in [1.165, 1.54) is 7.11 Å². The van der Waals surface area contributed by atoms with E-state index in [4.69, 9.17) is 38.8 Å². The minimum atomic E-state index is -0.707. The summed E-state index contributed by atoms with van der Waals surface area (Å²) in [6.07, 6.45) is 0.412. The Hall–Kier alpha value is -0.480. The second-order valence-corrected chi connectivity index (χ2v) is 4.67. The first-order valence-electron chi connectivity index (χ1n) is 4.85. The van der Waals surface area contributed by atoms with Gasteiger partial charge in [0.25, 0.3) is 0 Å². The van der Waals surface area contributed by atoms with Crippen LogP contribution in [0.15, 0.2) is 12.1 Å². The van der Waals surface area contributed by atoms with E-state index in [9.17, 15) is 0 Å². The Morgan fingerprint density at radius 2 is 2.00 bits per heavy atom. The number of halogens is 2. The monoisotopic (exact) mass is 263 g/mol. The Morgan fingerprint density at radius 3 is 2.50 bits per heavy atom. The first-order chi connectivity index (χ1) is 7.42. The summed E-state index contributed by atoms with van der Waals surface area (Å²) in [5.41, 5.74) is 6.06. The van der Waals surface area contributed by atoms with Crippen molar-refractivity contribution in [1.29, 1.82) is 0 Å². The molecule has 90 valence electrons. The van der Waals surface area contributed by atoms with Crippen LogP contribution >= 0.6 is 23.2 Å². The van der Waals surface area contributed by atoms with E-state index in [1.54, 1.807) is 19.1 Å². The molecule has 0 aliphatic rings. The van der Waals surface area contributed by atoms with Gasteiger partial charge in [-0.05, 0) is 25.0 Å². The zero-order chi connectivity index (χ0) is 12.3. The molecule has 0 saturated heterocycles. The Kier molecular flexibility index (Phi) is 4.44. The molecular formula is C11H15Cl2NO2. The van der Waals surface area contributed by atoms with Gasteiger partial charge in [0, 0.05) is 23.2 Å². The Labute approximate surface area is 105 Å². The van der Waals surface area contributed by atoms with Crippen LogP contribution in [-0.2, 0) is 5.54 Å². The second kappa shape index (κ2) is 5.23. The molecule has 0 spiro atoms. The van der Waals surface area contributed by atoms with E-state index in [0.29, 0.717) is 27.8 Å². The molecular weight excluding hydrogens is 249 g/mol. The topological polar surface area (TPSA) is 55.5 Å². The number of methoxy groups -OCH3 is 1. The lowest BCUT2D eigenvalue weighted by molar-refractivity contribution is 0.247. The maximum Gasteiger partial charge on any atom is 0.138 e. The molecule has 3 N–H and O–H groups in total. The first kappa shape index (κ1) is 13.6. The van der Waals surface area contributed by atoms with Crippen molar-refractivity contribution < 1.29 is 9.84 Å². The fourth-order valence-electron chi connectivity index (χ4n) is 1.49. The molecule has 0 radical (unpaired) electrons. The summed E-state index contributed by atoms with van der Waals surface area (Å²) >= 11 is 12.1. The molecule has 0 bridgehead atoms. The average Bonchev–Trinajstić information content (AvgIpc) is 2.20. The van der Waals surface area contributed by atoms with E-state index in [-0.39, 0.29) is 6.61 Å². The molecule has 0 aliphatic heterocycles. The van der Waals surface area contributed by atoms with E-state index in [2.05, 4.69) is 0 Å². The normalized spacial score (nSPS) is 14.6. The van der Waals surface area contributed by atoms with Gasteiger partial charge in [0.05, 0.1) is 12.1 Å². The van der Waals surface area contributed by atoms with Gasteiger partial charge in [-0.15, -0.1) is 0 Å². The maximum absolute atomic E-state index is 8.94. The largest absolute Gasteiger partial charge is 0.495 e. The quantitative estimate of drug-likeness (QED) is 0.878. The second-order valence-electron chi connectivity index (χ2n) is 3.86. The van der Waals surface area contributed by atoms with E-state index >= 15 is 0 Å². The van der Waals surface area contributed by atoms with Gasteiger partial charge >= 0.3 is 0 Å². The molecule has 3 nitrogen and oxygen atoms in total. The standard InChI is InChI=1S/C11H15Cl2NO2/c1-11(14,3-4-15)7-5-9(13)10(16-2)6-8(7)12/h5-6,15H,3-4,14H2,1-2H3. The molecule has 0 aliphatic carbocycles. The van der Waals surface area contributed by atoms with Crippen molar-refractivity contribution in [3.05, 3.63) is 27.7 Å². The fourth-order valence-corrected chi connectivity index (χ4v) is 2.10. The van der Waals surface area contributed by atoms with Crippen molar-refractivity contribution in [2.75, 3.05) is 13.7 Å². The minimum absolute atomic E-state index is 0.00697. The summed E-state index contributed by atoms with van der Waals surface area (Å²) in [5, 5.41) is 9.88. The minimum Gasteiger partial charge on any atom is -0.495 e. The summed E-state index contributed by atoms with van der Waals surface area (Å²) in [6, 6.07) is 3.31. The van der Waals surface area contributed by atoms with Crippen LogP contribution in [-0.4, -0.2) is 18.8 Å². The molecule has 1 aromatic carbocycles. The fraction of sp³-hybridized carbons (Fsp3) is 0.455. The van der Waals surface area contributed by atoms with Gasteiger partial charge in [-0.3, -0.25) is 0 Å². The molecule has 5 heteroatoms.